The van der Waals surface area contributed by atoms with E-state index in [0.29, 0.717) is 11.9 Å². The van der Waals surface area contributed by atoms with Crippen LogP contribution < -0.4 is 10.6 Å². The van der Waals surface area contributed by atoms with Gasteiger partial charge in [0.1, 0.15) is 5.60 Å². The molecule has 110 valence electrons. The second kappa shape index (κ2) is 7.04. The lowest BCUT2D eigenvalue weighted by molar-refractivity contribution is 0.0490. The van der Waals surface area contributed by atoms with Crippen molar-refractivity contribution in [2.45, 2.75) is 64.1 Å². The molecule has 0 aromatic rings. The van der Waals surface area contributed by atoms with E-state index in [4.69, 9.17) is 16.3 Å². The van der Waals surface area contributed by atoms with Crippen LogP contribution in [0.2, 0.25) is 0 Å². The topological polar surface area (TPSA) is 50.4 Å². The Morgan fingerprint density at radius 3 is 2.11 bits per heavy atom. The number of nitrogens with one attached hydrogen (secondary N) is 2. The normalized spacial score (nSPS) is 23.6. The first-order valence-corrected chi connectivity index (χ1v) is 7.33. The smallest absolute Gasteiger partial charge is 0.407 e. The number of carbonyl (C=O) groups is 1. The lowest BCUT2D eigenvalue weighted by Crippen LogP contribution is -2.43. The van der Waals surface area contributed by atoms with Gasteiger partial charge in [-0.05, 0) is 46.5 Å². The number of carbonyl (C=O) groups excluding carboxylic acids is 1. The Bertz CT molecular complexity index is 318. The van der Waals surface area contributed by atoms with Crippen molar-refractivity contribution in [3.05, 3.63) is 12.3 Å². The van der Waals surface area contributed by atoms with Gasteiger partial charge in [-0.1, -0.05) is 6.58 Å². The van der Waals surface area contributed by atoms with Crippen LogP contribution in [-0.4, -0.2) is 29.7 Å². The number of amides is 1. The molecule has 0 aliphatic heterocycles. The molecular weight excluding hydrogens is 264 g/mol. The third-order valence-electron chi connectivity index (χ3n) is 3.02. The summed E-state index contributed by atoms with van der Waals surface area (Å²) in [6.07, 6.45) is 3.60. The first-order valence-electron chi connectivity index (χ1n) is 6.80. The van der Waals surface area contributed by atoms with Crippen LogP contribution in [0.15, 0.2) is 12.3 Å². The van der Waals surface area contributed by atoms with Gasteiger partial charge >= 0.3 is 6.09 Å². The van der Waals surface area contributed by atoms with E-state index in [1.807, 2.05) is 20.8 Å². The molecule has 0 spiro atoms. The summed E-state index contributed by atoms with van der Waals surface area (Å²) in [7, 11) is 0. The molecule has 1 aliphatic carbocycles. The molecule has 0 atom stereocenters. The number of alkyl carbamates (subject to hydrolysis) is 1. The summed E-state index contributed by atoms with van der Waals surface area (Å²) >= 11 is 5.69. The van der Waals surface area contributed by atoms with Gasteiger partial charge in [0.2, 0.25) is 0 Å². The highest BCUT2D eigenvalue weighted by Gasteiger charge is 2.24. The molecule has 0 radical (unpaired) electrons. The summed E-state index contributed by atoms with van der Waals surface area (Å²) in [4.78, 5) is 11.7. The van der Waals surface area contributed by atoms with Crippen LogP contribution in [0.3, 0.4) is 0 Å². The third kappa shape index (κ3) is 6.71. The number of rotatable bonds is 4. The molecule has 5 heteroatoms. The van der Waals surface area contributed by atoms with Gasteiger partial charge in [-0.15, -0.1) is 11.6 Å². The molecule has 0 bridgehead atoms. The standard InChI is InChI=1S/C14H25ClN2O2/c1-10(9-15)16-11-5-7-12(8-6-11)17-13(18)19-14(2,3)4/h11-12,16H,1,5-9H2,2-4H3,(H,17,18). The third-order valence-corrected chi connectivity index (χ3v) is 3.34. The van der Waals surface area contributed by atoms with E-state index in [2.05, 4.69) is 17.2 Å². The molecule has 0 saturated heterocycles. The molecule has 19 heavy (non-hydrogen) atoms. The summed E-state index contributed by atoms with van der Waals surface area (Å²) in [5, 5.41) is 6.24. The fourth-order valence-corrected chi connectivity index (χ4v) is 2.26. The van der Waals surface area contributed by atoms with Crippen LogP contribution in [0.1, 0.15) is 46.5 Å². The Labute approximate surface area is 120 Å². The predicted octanol–water partition coefficient (Wildman–Crippen LogP) is 3.16. The monoisotopic (exact) mass is 288 g/mol. The van der Waals surface area contributed by atoms with E-state index in [0.717, 1.165) is 31.4 Å². The van der Waals surface area contributed by atoms with Gasteiger partial charge in [-0.25, -0.2) is 4.79 Å². The number of ether oxygens (including phenoxy) is 1. The van der Waals surface area contributed by atoms with E-state index in [1.54, 1.807) is 0 Å². The number of alkyl halides is 1. The van der Waals surface area contributed by atoms with Gasteiger partial charge in [-0.3, -0.25) is 0 Å². The van der Waals surface area contributed by atoms with Gasteiger partial charge < -0.3 is 15.4 Å². The first kappa shape index (κ1) is 16.2. The van der Waals surface area contributed by atoms with Crippen molar-refractivity contribution in [3.8, 4) is 0 Å². The summed E-state index contributed by atoms with van der Waals surface area (Å²) in [6.45, 7) is 9.44. The van der Waals surface area contributed by atoms with Gasteiger partial charge in [-0.2, -0.15) is 0 Å². The van der Waals surface area contributed by atoms with Gasteiger partial charge in [0.15, 0.2) is 0 Å². The fraction of sp³-hybridized carbons (Fsp3) is 0.786. The van der Waals surface area contributed by atoms with E-state index in [-0.39, 0.29) is 12.1 Å². The Balaban J connectivity index is 2.26. The summed E-state index contributed by atoms with van der Waals surface area (Å²) in [5.74, 6) is 0.441. The molecule has 2 N–H and O–H groups in total. The SMILES string of the molecule is C=C(CCl)NC1CCC(NC(=O)OC(C)(C)C)CC1. The van der Waals surface area contributed by atoms with E-state index in [1.165, 1.54) is 0 Å². The molecule has 0 heterocycles. The van der Waals surface area contributed by atoms with E-state index < -0.39 is 5.60 Å². The van der Waals surface area contributed by atoms with E-state index >= 15 is 0 Å². The minimum Gasteiger partial charge on any atom is -0.444 e. The number of hydrogen-bond donors (Lipinski definition) is 2. The predicted molar refractivity (Wildman–Crippen MR) is 78.4 cm³/mol. The molecule has 0 unspecified atom stereocenters. The van der Waals surface area contributed by atoms with Crippen LogP contribution in [0.4, 0.5) is 4.79 Å². The molecule has 1 aliphatic rings. The van der Waals surface area contributed by atoms with Crippen molar-refractivity contribution >= 4 is 17.7 Å². The fourth-order valence-electron chi connectivity index (χ4n) is 2.18. The Kier molecular flexibility index (Phi) is 5.98. The van der Waals surface area contributed by atoms with Crippen molar-refractivity contribution < 1.29 is 9.53 Å². The highest BCUT2D eigenvalue weighted by molar-refractivity contribution is 6.19. The Morgan fingerprint density at radius 2 is 1.68 bits per heavy atom. The average Bonchev–Trinajstić information content (AvgIpc) is 2.29. The zero-order chi connectivity index (χ0) is 14.5. The summed E-state index contributed by atoms with van der Waals surface area (Å²) < 4.78 is 5.25. The minimum atomic E-state index is -0.444. The number of allylic oxidation sites excluding steroid dienone is 1. The van der Waals surface area contributed by atoms with Gasteiger partial charge in [0.05, 0.1) is 5.88 Å². The van der Waals surface area contributed by atoms with Crippen molar-refractivity contribution in [1.29, 1.82) is 0 Å². The molecule has 4 nitrogen and oxygen atoms in total. The molecule has 1 amide bonds. The molecule has 1 fully saturated rings. The largest absolute Gasteiger partial charge is 0.444 e. The van der Waals surface area contributed by atoms with Crippen LogP contribution >= 0.6 is 11.6 Å². The van der Waals surface area contributed by atoms with Gasteiger partial charge in [0.25, 0.3) is 0 Å². The molecular formula is C14H25ClN2O2. The van der Waals surface area contributed by atoms with Crippen molar-refractivity contribution in [1.82, 2.24) is 10.6 Å². The molecule has 1 saturated carbocycles. The van der Waals surface area contributed by atoms with Crippen LogP contribution in [0.25, 0.3) is 0 Å². The van der Waals surface area contributed by atoms with Gasteiger partial charge in [0, 0.05) is 17.8 Å². The number of halogens is 1. The Morgan fingerprint density at radius 1 is 1.21 bits per heavy atom. The van der Waals surface area contributed by atoms with Crippen LogP contribution in [-0.2, 0) is 4.74 Å². The second-order valence-corrected chi connectivity index (χ2v) is 6.34. The molecule has 1 rings (SSSR count). The maximum atomic E-state index is 11.7. The maximum Gasteiger partial charge on any atom is 0.407 e. The molecule has 0 aromatic carbocycles. The lowest BCUT2D eigenvalue weighted by atomic mass is 9.91. The summed E-state index contributed by atoms with van der Waals surface area (Å²) in [5.41, 5.74) is 0.422. The van der Waals surface area contributed by atoms with Crippen molar-refractivity contribution in [2.24, 2.45) is 0 Å². The lowest BCUT2D eigenvalue weighted by Gasteiger charge is -2.31. The van der Waals surface area contributed by atoms with Crippen molar-refractivity contribution in [3.63, 3.8) is 0 Å². The van der Waals surface area contributed by atoms with Crippen LogP contribution in [0.5, 0.6) is 0 Å². The van der Waals surface area contributed by atoms with Crippen molar-refractivity contribution in [2.75, 3.05) is 5.88 Å². The first-order chi connectivity index (χ1) is 8.80. The Hall–Kier alpha value is -0.900. The molecule has 0 aromatic heterocycles. The second-order valence-electron chi connectivity index (χ2n) is 6.08. The van der Waals surface area contributed by atoms with Crippen LogP contribution in [0, 0.1) is 0 Å². The highest BCUT2D eigenvalue weighted by atomic mass is 35.5. The average molecular weight is 289 g/mol. The minimum absolute atomic E-state index is 0.206. The zero-order valence-electron chi connectivity index (χ0n) is 12.1. The zero-order valence-corrected chi connectivity index (χ0v) is 12.8. The maximum absolute atomic E-state index is 11.7. The highest BCUT2D eigenvalue weighted by Crippen LogP contribution is 2.20. The summed E-state index contributed by atoms with van der Waals surface area (Å²) in [6, 6.07) is 0.625. The number of hydrogen-bond acceptors (Lipinski definition) is 3. The van der Waals surface area contributed by atoms with E-state index in [9.17, 15) is 4.79 Å². The quantitative estimate of drug-likeness (QED) is 0.781.